The predicted molar refractivity (Wildman–Crippen MR) is 140 cm³/mol. The van der Waals surface area contributed by atoms with E-state index in [-0.39, 0.29) is 54.0 Å². The number of pyridine rings is 1. The van der Waals surface area contributed by atoms with E-state index in [1.807, 2.05) is 6.07 Å². The Morgan fingerprint density at radius 2 is 1.92 bits per heavy atom. The summed E-state index contributed by atoms with van der Waals surface area (Å²) in [7, 11) is 1.70. The lowest BCUT2D eigenvalue weighted by molar-refractivity contribution is -0.184. The van der Waals surface area contributed by atoms with E-state index < -0.39 is 17.2 Å². The lowest BCUT2D eigenvalue weighted by Crippen LogP contribution is -2.46. The van der Waals surface area contributed by atoms with Crippen molar-refractivity contribution in [2.45, 2.75) is 43.4 Å². The average molecular weight is 537 g/mol. The molecule has 11 heteroatoms. The molecule has 39 heavy (non-hydrogen) atoms. The van der Waals surface area contributed by atoms with Crippen LogP contribution in [-0.4, -0.2) is 57.2 Å². The normalized spacial score (nSPS) is 24.5. The van der Waals surface area contributed by atoms with Gasteiger partial charge in [0.15, 0.2) is 0 Å². The van der Waals surface area contributed by atoms with Gasteiger partial charge in [0.2, 0.25) is 5.95 Å². The van der Waals surface area contributed by atoms with E-state index in [1.165, 1.54) is 10.6 Å². The highest BCUT2D eigenvalue weighted by Crippen LogP contribution is 2.40. The summed E-state index contributed by atoms with van der Waals surface area (Å²) in [5.74, 6) is -0.784. The van der Waals surface area contributed by atoms with Crippen LogP contribution in [0.2, 0.25) is 0 Å². The molecule has 4 N–H and O–H groups in total. The molecule has 4 aromatic rings. The third-order valence-electron chi connectivity index (χ3n) is 7.91. The van der Waals surface area contributed by atoms with E-state index in [9.17, 15) is 5.11 Å². The number of nitrogens with one attached hydrogen (secondary N) is 1. The Hall–Kier alpha value is -3.51. The minimum Gasteiger partial charge on any atom is -0.380 e. The average Bonchev–Trinajstić information content (AvgIpc) is 3.29. The summed E-state index contributed by atoms with van der Waals surface area (Å²) < 4.78 is 42.4. The van der Waals surface area contributed by atoms with Crippen LogP contribution in [0.4, 0.5) is 20.4 Å². The van der Waals surface area contributed by atoms with Crippen LogP contribution in [0.15, 0.2) is 48.9 Å². The summed E-state index contributed by atoms with van der Waals surface area (Å²) in [5.41, 5.74) is 7.45. The van der Waals surface area contributed by atoms with E-state index in [0.29, 0.717) is 11.5 Å². The molecule has 0 radical (unpaired) electrons. The van der Waals surface area contributed by atoms with Crippen LogP contribution in [0.3, 0.4) is 0 Å². The van der Waals surface area contributed by atoms with Gasteiger partial charge in [-0.2, -0.15) is 9.61 Å². The topological polar surface area (TPSA) is 120 Å². The maximum atomic E-state index is 15.1. The zero-order valence-electron chi connectivity index (χ0n) is 21.6. The number of imidazole rings is 1. The van der Waals surface area contributed by atoms with Crippen LogP contribution in [0.5, 0.6) is 0 Å². The highest BCUT2D eigenvalue weighted by atomic mass is 19.1. The lowest BCUT2D eigenvalue weighted by Gasteiger charge is -2.38. The quantitative estimate of drug-likeness (QED) is 0.340. The summed E-state index contributed by atoms with van der Waals surface area (Å²) in [6.45, 7) is 2.14. The summed E-state index contributed by atoms with van der Waals surface area (Å²) in [6.07, 6.45) is 6.79. The Morgan fingerprint density at radius 1 is 1.15 bits per heavy atom. The standard InChI is InChI=1S/C28H30F2N6O3/c1-15-7-16(8-22(31)26(15)38-2)19-5-6-32-12-24(19)34-27-33-11-18-3-4-23(35-36(18)27)25-20(29)9-17(10-21(25)30)28(37)13-39-14-28/h3-6,9-12,15-16,22,26,37H,7-8,13-14,31H2,1-2H3,(H,33,34). The summed E-state index contributed by atoms with van der Waals surface area (Å²) in [4.78, 5) is 8.75. The number of fused-ring (bicyclic) bond motifs is 1. The van der Waals surface area contributed by atoms with Crippen LogP contribution in [0, 0.1) is 17.6 Å². The summed E-state index contributed by atoms with van der Waals surface area (Å²) >= 11 is 0. The first-order valence-electron chi connectivity index (χ1n) is 12.9. The van der Waals surface area contributed by atoms with Crippen LogP contribution < -0.4 is 11.1 Å². The van der Waals surface area contributed by atoms with E-state index in [4.69, 9.17) is 15.2 Å². The van der Waals surface area contributed by atoms with E-state index in [1.54, 1.807) is 31.8 Å². The van der Waals surface area contributed by atoms with Gasteiger partial charge in [-0.25, -0.2) is 13.8 Å². The Bertz CT molecular complexity index is 1490. The number of aliphatic hydroxyl groups is 1. The lowest BCUT2D eigenvalue weighted by atomic mass is 9.74. The van der Waals surface area contributed by atoms with Gasteiger partial charge in [-0.3, -0.25) is 4.98 Å². The molecule has 2 fully saturated rings. The van der Waals surface area contributed by atoms with E-state index in [2.05, 4.69) is 27.3 Å². The number of rotatable bonds is 6. The second-order valence-corrected chi connectivity index (χ2v) is 10.6. The number of nitrogens with two attached hydrogens (primary N) is 1. The molecule has 4 unspecified atom stereocenters. The molecule has 0 bridgehead atoms. The minimum absolute atomic E-state index is 0.00545. The van der Waals surface area contributed by atoms with Gasteiger partial charge < -0.3 is 25.6 Å². The number of aromatic nitrogens is 4. The third kappa shape index (κ3) is 4.55. The van der Waals surface area contributed by atoms with Gasteiger partial charge in [0.1, 0.15) is 17.2 Å². The molecule has 1 saturated carbocycles. The number of benzene rings is 1. The number of nitrogens with zero attached hydrogens (tertiary/aromatic N) is 4. The van der Waals surface area contributed by atoms with Crippen molar-refractivity contribution in [2.24, 2.45) is 11.7 Å². The van der Waals surface area contributed by atoms with Gasteiger partial charge in [-0.15, -0.1) is 0 Å². The van der Waals surface area contributed by atoms with Crippen molar-refractivity contribution in [1.29, 1.82) is 0 Å². The first kappa shape index (κ1) is 25.8. The van der Waals surface area contributed by atoms with Gasteiger partial charge >= 0.3 is 0 Å². The van der Waals surface area contributed by atoms with Crippen molar-refractivity contribution in [1.82, 2.24) is 19.6 Å². The minimum atomic E-state index is -1.38. The fourth-order valence-corrected chi connectivity index (χ4v) is 5.86. The zero-order valence-corrected chi connectivity index (χ0v) is 21.6. The van der Waals surface area contributed by atoms with E-state index >= 15 is 8.78 Å². The molecular formula is C28H30F2N6O3. The van der Waals surface area contributed by atoms with E-state index in [0.717, 1.165) is 36.2 Å². The second-order valence-electron chi connectivity index (χ2n) is 10.6. The van der Waals surface area contributed by atoms with Gasteiger partial charge in [0.25, 0.3) is 0 Å². The Kier molecular flexibility index (Phi) is 6.54. The second kappa shape index (κ2) is 9.91. The predicted octanol–water partition coefficient (Wildman–Crippen LogP) is 3.89. The molecule has 1 saturated heterocycles. The van der Waals surface area contributed by atoms with Crippen molar-refractivity contribution >= 4 is 17.2 Å². The molecule has 6 rings (SSSR count). The maximum Gasteiger partial charge on any atom is 0.229 e. The largest absolute Gasteiger partial charge is 0.380 e. The van der Waals surface area contributed by atoms with Crippen LogP contribution in [-0.2, 0) is 15.1 Å². The van der Waals surface area contributed by atoms with Crippen molar-refractivity contribution in [3.63, 3.8) is 0 Å². The third-order valence-corrected chi connectivity index (χ3v) is 7.91. The van der Waals surface area contributed by atoms with Crippen LogP contribution in [0.25, 0.3) is 16.8 Å². The fraction of sp³-hybridized carbons (Fsp3) is 0.393. The molecule has 1 aromatic carbocycles. The zero-order chi connectivity index (χ0) is 27.3. The molecule has 0 spiro atoms. The maximum absolute atomic E-state index is 15.1. The highest BCUT2D eigenvalue weighted by Gasteiger charge is 2.39. The van der Waals surface area contributed by atoms with Gasteiger partial charge in [0.05, 0.1) is 54.2 Å². The monoisotopic (exact) mass is 536 g/mol. The van der Waals surface area contributed by atoms with Gasteiger partial charge in [-0.1, -0.05) is 6.92 Å². The molecular weight excluding hydrogens is 506 g/mol. The SMILES string of the molecule is COC1C(C)CC(c2ccncc2Nc2ncc3ccc(-c4c(F)cc(C5(O)COC5)cc4F)nn23)CC1N. The molecule has 1 aliphatic heterocycles. The molecule has 9 nitrogen and oxygen atoms in total. The van der Waals surface area contributed by atoms with Crippen LogP contribution >= 0.6 is 0 Å². The molecule has 4 atom stereocenters. The highest BCUT2D eigenvalue weighted by molar-refractivity contribution is 5.66. The van der Waals surface area contributed by atoms with Crippen molar-refractivity contribution in [3.05, 3.63) is 71.7 Å². The number of ether oxygens (including phenoxy) is 2. The molecule has 4 heterocycles. The Labute approximate surface area is 224 Å². The van der Waals surface area contributed by atoms with Crippen molar-refractivity contribution in [2.75, 3.05) is 25.6 Å². The molecule has 1 aliphatic carbocycles. The first-order valence-corrected chi connectivity index (χ1v) is 12.9. The van der Waals surface area contributed by atoms with Crippen molar-refractivity contribution in [3.8, 4) is 11.3 Å². The van der Waals surface area contributed by atoms with Crippen LogP contribution in [0.1, 0.15) is 36.8 Å². The van der Waals surface area contributed by atoms with Gasteiger partial charge in [-0.05, 0) is 66.1 Å². The number of anilines is 2. The molecule has 0 amide bonds. The smallest absolute Gasteiger partial charge is 0.229 e. The Balaban J connectivity index is 1.32. The van der Waals surface area contributed by atoms with Crippen molar-refractivity contribution < 1.29 is 23.4 Å². The Morgan fingerprint density at radius 3 is 2.59 bits per heavy atom. The number of halogens is 2. The number of methoxy groups -OCH3 is 1. The summed E-state index contributed by atoms with van der Waals surface area (Å²) in [6, 6.07) is 7.38. The summed E-state index contributed by atoms with van der Waals surface area (Å²) in [5, 5.41) is 18.3. The number of hydrogen-bond acceptors (Lipinski definition) is 8. The fourth-order valence-electron chi connectivity index (χ4n) is 5.86. The molecule has 204 valence electrons. The van der Waals surface area contributed by atoms with Gasteiger partial charge in [0, 0.05) is 19.3 Å². The number of hydrogen-bond donors (Lipinski definition) is 3. The first-order chi connectivity index (χ1) is 18.8. The molecule has 2 aliphatic rings. The molecule has 3 aromatic heterocycles.